The lowest BCUT2D eigenvalue weighted by Crippen LogP contribution is -2.31. The number of carbonyl (C=O) groups is 1. The molecule has 0 aliphatic carbocycles. The fourth-order valence-electron chi connectivity index (χ4n) is 4.04. The Morgan fingerprint density at radius 3 is 1.75 bits per heavy atom. The number of carbonyl (C=O) groups excluding carboxylic acids is 1. The molecule has 4 nitrogen and oxygen atoms in total. The maximum Gasteiger partial charge on any atom is 0.233 e. The van der Waals surface area contributed by atoms with Crippen LogP contribution in [0.15, 0.2) is 133 Å². The lowest BCUT2D eigenvalue weighted by molar-refractivity contribution is -0.129. The number of thioether (sulfide) groups is 1. The van der Waals surface area contributed by atoms with Crippen molar-refractivity contribution in [3.8, 4) is 16.9 Å². The second-order valence-electron chi connectivity index (χ2n) is 8.49. The van der Waals surface area contributed by atoms with Crippen molar-refractivity contribution >= 4 is 17.7 Å². The van der Waals surface area contributed by atoms with E-state index in [1.165, 1.54) is 11.8 Å². The Labute approximate surface area is 216 Å². The molecule has 0 atom stereocenters. The first kappa shape index (κ1) is 23.6. The zero-order valence-corrected chi connectivity index (χ0v) is 20.7. The normalized spacial score (nSPS) is 10.8. The molecular formula is C31H27N3OS. The SMILES string of the molecule is O=C(CSc1nc(-c2ccccc2)cn1-c1ccccc1)N(Cc1ccccc1)Cc1ccccc1. The van der Waals surface area contributed by atoms with E-state index >= 15 is 0 Å². The third kappa shape index (κ3) is 5.93. The maximum absolute atomic E-state index is 13.5. The van der Waals surface area contributed by atoms with Crippen LogP contribution < -0.4 is 0 Å². The van der Waals surface area contributed by atoms with E-state index in [-0.39, 0.29) is 5.91 Å². The third-order valence-electron chi connectivity index (χ3n) is 5.89. The Bertz CT molecular complexity index is 1350. The van der Waals surface area contributed by atoms with Crippen LogP contribution in [0.1, 0.15) is 11.1 Å². The highest BCUT2D eigenvalue weighted by Crippen LogP contribution is 2.28. The minimum Gasteiger partial charge on any atom is -0.333 e. The fraction of sp³-hybridized carbons (Fsp3) is 0.0968. The van der Waals surface area contributed by atoms with Crippen molar-refractivity contribution in [2.24, 2.45) is 0 Å². The van der Waals surface area contributed by atoms with Crippen LogP contribution in [-0.4, -0.2) is 26.1 Å². The molecule has 0 unspecified atom stereocenters. The topological polar surface area (TPSA) is 38.1 Å². The number of nitrogens with zero attached hydrogens (tertiary/aromatic N) is 3. The van der Waals surface area contributed by atoms with E-state index in [4.69, 9.17) is 4.98 Å². The largest absolute Gasteiger partial charge is 0.333 e. The molecule has 0 N–H and O–H groups in total. The van der Waals surface area contributed by atoms with Gasteiger partial charge in [0, 0.05) is 30.5 Å². The first-order valence-electron chi connectivity index (χ1n) is 11.9. The van der Waals surface area contributed by atoms with Crippen LogP contribution >= 0.6 is 11.8 Å². The van der Waals surface area contributed by atoms with Gasteiger partial charge in [-0.3, -0.25) is 9.36 Å². The molecule has 0 aliphatic heterocycles. The Morgan fingerprint density at radius 2 is 1.19 bits per heavy atom. The van der Waals surface area contributed by atoms with Crippen molar-refractivity contribution in [2.45, 2.75) is 18.2 Å². The summed E-state index contributed by atoms with van der Waals surface area (Å²) in [6, 6.07) is 40.6. The van der Waals surface area contributed by atoms with E-state index in [1.54, 1.807) is 0 Å². The van der Waals surface area contributed by atoms with Crippen LogP contribution in [0.3, 0.4) is 0 Å². The molecule has 178 valence electrons. The highest BCUT2D eigenvalue weighted by molar-refractivity contribution is 7.99. The number of aromatic nitrogens is 2. The highest BCUT2D eigenvalue weighted by atomic mass is 32.2. The van der Waals surface area contributed by atoms with Gasteiger partial charge in [-0.2, -0.15) is 0 Å². The van der Waals surface area contributed by atoms with Crippen molar-refractivity contribution < 1.29 is 4.79 Å². The molecule has 1 heterocycles. The third-order valence-corrected chi connectivity index (χ3v) is 6.82. The maximum atomic E-state index is 13.5. The molecule has 0 spiro atoms. The molecule has 1 amide bonds. The minimum absolute atomic E-state index is 0.0802. The zero-order valence-electron chi connectivity index (χ0n) is 19.9. The highest BCUT2D eigenvalue weighted by Gasteiger charge is 2.18. The molecule has 0 saturated heterocycles. The molecule has 5 aromatic rings. The van der Waals surface area contributed by atoms with Gasteiger partial charge in [0.2, 0.25) is 5.91 Å². The summed E-state index contributed by atoms with van der Waals surface area (Å²) in [5, 5.41) is 0.799. The second-order valence-corrected chi connectivity index (χ2v) is 9.43. The van der Waals surface area contributed by atoms with Crippen molar-refractivity contribution in [1.82, 2.24) is 14.5 Å². The number of rotatable bonds is 9. The molecule has 0 aliphatic rings. The Hall–Kier alpha value is -4.09. The molecule has 0 fully saturated rings. The monoisotopic (exact) mass is 489 g/mol. The van der Waals surface area contributed by atoms with E-state index in [2.05, 4.69) is 53.1 Å². The Morgan fingerprint density at radius 1 is 0.694 bits per heavy atom. The molecular weight excluding hydrogens is 462 g/mol. The summed E-state index contributed by atoms with van der Waals surface area (Å²) in [6.07, 6.45) is 2.04. The summed E-state index contributed by atoms with van der Waals surface area (Å²) in [7, 11) is 0. The minimum atomic E-state index is 0.0802. The van der Waals surface area contributed by atoms with E-state index in [9.17, 15) is 4.79 Å². The van der Waals surface area contributed by atoms with Gasteiger partial charge < -0.3 is 4.90 Å². The van der Waals surface area contributed by atoms with Crippen LogP contribution in [0.4, 0.5) is 0 Å². The summed E-state index contributed by atoms with van der Waals surface area (Å²) in [6.45, 7) is 1.13. The predicted molar refractivity (Wildman–Crippen MR) is 147 cm³/mol. The van der Waals surface area contributed by atoms with Crippen molar-refractivity contribution in [1.29, 1.82) is 0 Å². The van der Waals surface area contributed by atoms with Gasteiger partial charge in [0.05, 0.1) is 11.4 Å². The summed E-state index contributed by atoms with van der Waals surface area (Å²) >= 11 is 1.48. The molecule has 5 heteroatoms. The number of hydrogen-bond donors (Lipinski definition) is 0. The zero-order chi connectivity index (χ0) is 24.6. The average molecular weight is 490 g/mol. The van der Waals surface area contributed by atoms with E-state index < -0.39 is 0 Å². The first-order chi connectivity index (χ1) is 17.8. The molecule has 0 bridgehead atoms. The van der Waals surface area contributed by atoms with Gasteiger partial charge in [0.25, 0.3) is 0 Å². The predicted octanol–water partition coefficient (Wildman–Crippen LogP) is 6.86. The first-order valence-corrected chi connectivity index (χ1v) is 12.9. The number of imidazole rings is 1. The summed E-state index contributed by atoms with van der Waals surface area (Å²) in [5.41, 5.74) is 5.19. The number of benzene rings is 4. The lowest BCUT2D eigenvalue weighted by atomic mass is 10.1. The number of hydrogen-bond acceptors (Lipinski definition) is 3. The molecule has 5 rings (SSSR count). The Kier molecular flexibility index (Phi) is 7.59. The summed E-state index contributed by atoms with van der Waals surface area (Å²) < 4.78 is 2.07. The number of para-hydroxylation sites is 1. The van der Waals surface area contributed by atoms with Crippen molar-refractivity contribution in [2.75, 3.05) is 5.75 Å². The summed E-state index contributed by atoms with van der Waals surface area (Å²) in [4.78, 5) is 20.4. The van der Waals surface area contributed by atoms with Crippen LogP contribution in [-0.2, 0) is 17.9 Å². The number of amides is 1. The molecule has 1 aromatic heterocycles. The van der Waals surface area contributed by atoms with Gasteiger partial charge in [-0.15, -0.1) is 0 Å². The van der Waals surface area contributed by atoms with Gasteiger partial charge in [0.15, 0.2) is 5.16 Å². The molecule has 0 saturated carbocycles. The van der Waals surface area contributed by atoms with Crippen LogP contribution in [0, 0.1) is 0 Å². The van der Waals surface area contributed by atoms with E-state index in [0.29, 0.717) is 18.8 Å². The summed E-state index contributed by atoms with van der Waals surface area (Å²) in [5.74, 6) is 0.383. The van der Waals surface area contributed by atoms with Gasteiger partial charge in [0.1, 0.15) is 0 Å². The van der Waals surface area contributed by atoms with Gasteiger partial charge in [-0.05, 0) is 23.3 Å². The molecule has 4 aromatic carbocycles. The van der Waals surface area contributed by atoms with Gasteiger partial charge >= 0.3 is 0 Å². The van der Waals surface area contributed by atoms with Crippen LogP contribution in [0.5, 0.6) is 0 Å². The van der Waals surface area contributed by atoms with Crippen LogP contribution in [0.2, 0.25) is 0 Å². The van der Waals surface area contributed by atoms with Crippen molar-refractivity contribution in [3.05, 3.63) is 139 Å². The Balaban J connectivity index is 1.38. The van der Waals surface area contributed by atoms with Crippen molar-refractivity contribution in [3.63, 3.8) is 0 Å². The van der Waals surface area contributed by atoms with Gasteiger partial charge in [-0.25, -0.2) is 4.98 Å². The van der Waals surface area contributed by atoms with Gasteiger partial charge in [-0.1, -0.05) is 121 Å². The standard InChI is InChI=1S/C31H27N3OS/c35-30(33(21-25-13-5-1-6-14-25)22-26-15-7-2-8-16-26)24-36-31-32-29(27-17-9-3-10-18-27)23-34(31)28-19-11-4-12-20-28/h1-20,23H,21-22,24H2. The average Bonchev–Trinajstić information content (AvgIpc) is 3.38. The second kappa shape index (κ2) is 11.6. The van der Waals surface area contributed by atoms with E-state index in [0.717, 1.165) is 33.2 Å². The fourth-order valence-corrected chi connectivity index (χ4v) is 4.94. The van der Waals surface area contributed by atoms with E-state index in [1.807, 2.05) is 83.9 Å². The van der Waals surface area contributed by atoms with Crippen LogP contribution in [0.25, 0.3) is 16.9 Å². The molecule has 0 radical (unpaired) electrons. The smallest absolute Gasteiger partial charge is 0.233 e. The quantitative estimate of drug-likeness (QED) is 0.212. The molecule has 36 heavy (non-hydrogen) atoms. The lowest BCUT2D eigenvalue weighted by Gasteiger charge is -2.23.